The van der Waals surface area contributed by atoms with Gasteiger partial charge in [0.1, 0.15) is 0 Å². The number of carbonyl (C=O) groups excluding carboxylic acids is 1. The van der Waals surface area contributed by atoms with Crippen LogP contribution in [0.3, 0.4) is 0 Å². The molecule has 0 spiro atoms. The first-order chi connectivity index (χ1) is 9.13. The molecule has 0 atom stereocenters. The lowest BCUT2D eigenvalue weighted by Crippen LogP contribution is -2.27. The van der Waals surface area contributed by atoms with Crippen LogP contribution in [0.15, 0.2) is 42.7 Å². The summed E-state index contributed by atoms with van der Waals surface area (Å²) >= 11 is 0. The summed E-state index contributed by atoms with van der Waals surface area (Å²) in [6, 6.07) is 10.4. The lowest BCUT2D eigenvalue weighted by molar-refractivity contribution is 0.0993. The Hall–Kier alpha value is -2.87. The highest BCUT2D eigenvalue weighted by molar-refractivity contribution is 6.08. The van der Waals surface area contributed by atoms with Gasteiger partial charge in [0.05, 0.1) is 17.2 Å². The summed E-state index contributed by atoms with van der Waals surface area (Å²) in [5, 5.41) is 8.74. The second-order valence-electron chi connectivity index (χ2n) is 3.99. The first kappa shape index (κ1) is 12.6. The fourth-order valence-corrected chi connectivity index (χ4v) is 1.64. The molecule has 1 amide bonds. The number of benzene rings is 1. The zero-order valence-electron chi connectivity index (χ0n) is 10.4. The van der Waals surface area contributed by atoms with E-state index in [0.717, 1.165) is 0 Å². The van der Waals surface area contributed by atoms with E-state index in [1.807, 2.05) is 6.07 Å². The van der Waals surface area contributed by atoms with Crippen molar-refractivity contribution in [1.29, 1.82) is 5.26 Å². The molecule has 2 N–H and O–H groups in total. The van der Waals surface area contributed by atoms with Crippen LogP contribution in [-0.2, 0) is 0 Å². The van der Waals surface area contributed by atoms with E-state index in [9.17, 15) is 4.79 Å². The second kappa shape index (κ2) is 5.19. The van der Waals surface area contributed by atoms with Gasteiger partial charge >= 0.3 is 0 Å². The van der Waals surface area contributed by atoms with Gasteiger partial charge in [0.2, 0.25) is 0 Å². The van der Waals surface area contributed by atoms with Gasteiger partial charge in [-0.3, -0.25) is 9.78 Å². The molecule has 0 fully saturated rings. The van der Waals surface area contributed by atoms with E-state index in [2.05, 4.69) is 4.98 Å². The normalized spacial score (nSPS) is 9.68. The topological polar surface area (TPSA) is 83.0 Å². The van der Waals surface area contributed by atoms with Crippen LogP contribution in [0.2, 0.25) is 0 Å². The van der Waals surface area contributed by atoms with Crippen molar-refractivity contribution in [1.82, 2.24) is 4.98 Å². The largest absolute Gasteiger partial charge is 0.398 e. The molecular formula is C14H12N4O. The monoisotopic (exact) mass is 252 g/mol. The zero-order chi connectivity index (χ0) is 13.8. The van der Waals surface area contributed by atoms with E-state index in [1.165, 1.54) is 17.3 Å². The zero-order valence-corrected chi connectivity index (χ0v) is 10.4. The first-order valence-corrected chi connectivity index (χ1v) is 5.61. The van der Waals surface area contributed by atoms with Gasteiger partial charge < -0.3 is 10.6 Å². The molecule has 5 nitrogen and oxygen atoms in total. The third-order valence-corrected chi connectivity index (χ3v) is 2.77. The maximum absolute atomic E-state index is 12.3. The summed E-state index contributed by atoms with van der Waals surface area (Å²) in [5.74, 6) is -0.240. The minimum atomic E-state index is -0.240. The lowest BCUT2D eigenvalue weighted by atomic mass is 10.2. The van der Waals surface area contributed by atoms with Gasteiger partial charge in [-0.2, -0.15) is 5.26 Å². The van der Waals surface area contributed by atoms with E-state index >= 15 is 0 Å². The Labute approximate surface area is 110 Å². The summed E-state index contributed by atoms with van der Waals surface area (Å²) in [5.41, 5.74) is 7.73. The highest BCUT2D eigenvalue weighted by Crippen LogP contribution is 2.18. The van der Waals surface area contributed by atoms with Crippen molar-refractivity contribution in [2.75, 3.05) is 17.7 Å². The van der Waals surface area contributed by atoms with Gasteiger partial charge in [0.25, 0.3) is 5.91 Å². The third-order valence-electron chi connectivity index (χ3n) is 2.77. The number of nitrogen functional groups attached to an aromatic ring is 1. The maximum atomic E-state index is 12.3. The Morgan fingerprint density at radius 2 is 2.00 bits per heavy atom. The highest BCUT2D eigenvalue weighted by atomic mass is 16.2. The number of rotatable bonds is 2. The summed E-state index contributed by atoms with van der Waals surface area (Å²) < 4.78 is 0. The van der Waals surface area contributed by atoms with Crippen LogP contribution in [0.4, 0.5) is 11.4 Å². The van der Waals surface area contributed by atoms with Crippen molar-refractivity contribution >= 4 is 17.3 Å². The minimum absolute atomic E-state index is 0.240. The van der Waals surface area contributed by atoms with Crippen molar-refractivity contribution in [3.05, 3.63) is 53.9 Å². The molecule has 1 heterocycles. The Balaban J connectivity index is 2.29. The van der Waals surface area contributed by atoms with Crippen LogP contribution in [0, 0.1) is 11.3 Å². The van der Waals surface area contributed by atoms with Crippen LogP contribution in [0.5, 0.6) is 0 Å². The molecule has 19 heavy (non-hydrogen) atoms. The fourth-order valence-electron chi connectivity index (χ4n) is 1.64. The Morgan fingerprint density at radius 3 is 2.58 bits per heavy atom. The summed E-state index contributed by atoms with van der Waals surface area (Å²) in [7, 11) is 1.65. The number of hydrogen-bond donors (Lipinski definition) is 1. The Bertz CT molecular complexity index is 643. The van der Waals surface area contributed by atoms with Crippen molar-refractivity contribution < 1.29 is 4.79 Å². The van der Waals surface area contributed by atoms with Crippen LogP contribution in [0.25, 0.3) is 0 Å². The standard InChI is InChI=1S/C14H12N4O/c1-18(11-4-2-10(8-15)3-5-11)14(19)12-9-17-7-6-13(12)16/h2-7,9H,1H3,(H2,16,17). The molecule has 0 unspecified atom stereocenters. The van der Waals surface area contributed by atoms with E-state index in [1.54, 1.807) is 37.4 Å². The molecule has 1 aromatic carbocycles. The van der Waals surface area contributed by atoms with E-state index in [0.29, 0.717) is 22.5 Å². The lowest BCUT2D eigenvalue weighted by Gasteiger charge is -2.18. The molecule has 0 aliphatic carbocycles. The smallest absolute Gasteiger partial charge is 0.261 e. The molecular weight excluding hydrogens is 240 g/mol. The number of nitrogens with two attached hydrogens (primary N) is 1. The second-order valence-corrected chi connectivity index (χ2v) is 3.99. The summed E-state index contributed by atoms with van der Waals surface area (Å²) in [6.07, 6.45) is 2.98. The number of hydrogen-bond acceptors (Lipinski definition) is 4. The van der Waals surface area contributed by atoms with Gasteiger partial charge in [0, 0.05) is 30.8 Å². The number of nitrogens with zero attached hydrogens (tertiary/aromatic N) is 3. The third kappa shape index (κ3) is 2.53. The molecule has 2 aromatic rings. The number of aromatic nitrogens is 1. The molecule has 0 radical (unpaired) electrons. The number of amides is 1. The number of anilines is 2. The van der Waals surface area contributed by atoms with Crippen molar-refractivity contribution in [3.8, 4) is 6.07 Å². The molecule has 0 bridgehead atoms. The molecule has 94 valence electrons. The minimum Gasteiger partial charge on any atom is -0.398 e. The molecule has 0 aliphatic rings. The van der Waals surface area contributed by atoms with Gasteiger partial charge in [-0.15, -0.1) is 0 Å². The van der Waals surface area contributed by atoms with Gasteiger partial charge in [-0.05, 0) is 30.3 Å². The highest BCUT2D eigenvalue weighted by Gasteiger charge is 2.16. The SMILES string of the molecule is CN(C(=O)c1cnccc1N)c1ccc(C#N)cc1. The predicted octanol–water partition coefficient (Wildman–Crippen LogP) is 1.81. The molecule has 0 aliphatic heterocycles. The summed E-state index contributed by atoms with van der Waals surface area (Å²) in [4.78, 5) is 17.6. The Morgan fingerprint density at radius 1 is 1.32 bits per heavy atom. The van der Waals surface area contributed by atoms with Crippen molar-refractivity contribution in [2.45, 2.75) is 0 Å². The van der Waals surface area contributed by atoms with Crippen molar-refractivity contribution in [2.24, 2.45) is 0 Å². The fraction of sp³-hybridized carbons (Fsp3) is 0.0714. The first-order valence-electron chi connectivity index (χ1n) is 5.61. The van der Waals surface area contributed by atoms with Crippen LogP contribution < -0.4 is 10.6 Å². The maximum Gasteiger partial charge on any atom is 0.261 e. The molecule has 2 rings (SSSR count). The van der Waals surface area contributed by atoms with E-state index < -0.39 is 0 Å². The summed E-state index contributed by atoms with van der Waals surface area (Å²) in [6.45, 7) is 0. The van der Waals surface area contributed by atoms with Crippen LogP contribution in [0.1, 0.15) is 15.9 Å². The Kier molecular flexibility index (Phi) is 3.44. The van der Waals surface area contributed by atoms with Crippen molar-refractivity contribution in [3.63, 3.8) is 0 Å². The molecule has 5 heteroatoms. The molecule has 0 saturated heterocycles. The average molecular weight is 252 g/mol. The van der Waals surface area contributed by atoms with E-state index in [4.69, 9.17) is 11.0 Å². The van der Waals surface area contributed by atoms with Gasteiger partial charge in [-0.25, -0.2) is 0 Å². The van der Waals surface area contributed by atoms with Gasteiger partial charge in [0.15, 0.2) is 0 Å². The molecule has 0 saturated carbocycles. The van der Waals surface area contributed by atoms with Gasteiger partial charge in [-0.1, -0.05) is 0 Å². The molecule has 1 aromatic heterocycles. The number of pyridine rings is 1. The van der Waals surface area contributed by atoms with Crippen LogP contribution in [-0.4, -0.2) is 17.9 Å². The average Bonchev–Trinajstić information content (AvgIpc) is 2.46. The van der Waals surface area contributed by atoms with E-state index in [-0.39, 0.29) is 5.91 Å². The van der Waals surface area contributed by atoms with Crippen LogP contribution >= 0.6 is 0 Å². The quantitative estimate of drug-likeness (QED) is 0.883. The predicted molar refractivity (Wildman–Crippen MR) is 72.5 cm³/mol. The number of nitriles is 1. The number of carbonyl (C=O) groups is 1.